The fourth-order valence-corrected chi connectivity index (χ4v) is 3.80. The van der Waals surface area contributed by atoms with Gasteiger partial charge in [-0.1, -0.05) is 43.7 Å². The molecular formula is C15H27N3O2. The average Bonchev–Trinajstić information content (AvgIpc) is 2.89. The van der Waals surface area contributed by atoms with Crippen molar-refractivity contribution in [2.24, 2.45) is 16.3 Å². The van der Waals surface area contributed by atoms with Gasteiger partial charge in [-0.2, -0.15) is 0 Å². The van der Waals surface area contributed by atoms with Crippen LogP contribution < -0.4 is 5.73 Å². The summed E-state index contributed by atoms with van der Waals surface area (Å²) < 4.78 is 0. The van der Waals surface area contributed by atoms with Crippen LogP contribution in [0.1, 0.15) is 64.2 Å². The lowest BCUT2D eigenvalue weighted by atomic mass is 9.77. The highest BCUT2D eigenvalue weighted by Crippen LogP contribution is 2.38. The lowest BCUT2D eigenvalue weighted by Gasteiger charge is -2.36. The highest BCUT2D eigenvalue weighted by atomic mass is 16.4. The quantitative estimate of drug-likeness (QED) is 0.274. The summed E-state index contributed by atoms with van der Waals surface area (Å²) in [6, 6.07) is 0.328. The van der Waals surface area contributed by atoms with Crippen LogP contribution in [0.3, 0.4) is 0 Å². The molecule has 20 heavy (non-hydrogen) atoms. The molecule has 0 bridgehead atoms. The molecule has 0 unspecified atom stereocenters. The van der Waals surface area contributed by atoms with E-state index < -0.39 is 5.41 Å². The Labute approximate surface area is 121 Å². The van der Waals surface area contributed by atoms with Gasteiger partial charge in [0.25, 0.3) is 0 Å². The highest BCUT2D eigenvalue weighted by molar-refractivity contribution is 6.06. The number of oxime groups is 1. The molecule has 2 saturated carbocycles. The van der Waals surface area contributed by atoms with E-state index in [2.05, 4.69) is 5.16 Å². The van der Waals surface area contributed by atoms with Crippen molar-refractivity contribution in [3.8, 4) is 0 Å². The molecule has 0 spiro atoms. The molecule has 2 fully saturated rings. The zero-order valence-electron chi connectivity index (χ0n) is 12.5. The van der Waals surface area contributed by atoms with E-state index in [1.54, 1.807) is 0 Å². The zero-order valence-corrected chi connectivity index (χ0v) is 12.5. The van der Waals surface area contributed by atoms with Crippen LogP contribution in [0.15, 0.2) is 5.16 Å². The molecule has 0 radical (unpaired) electrons. The number of hydrogen-bond acceptors (Lipinski definition) is 3. The number of amides is 1. The lowest BCUT2D eigenvalue weighted by Crippen LogP contribution is -2.52. The number of nitrogens with zero attached hydrogens (tertiary/aromatic N) is 2. The van der Waals surface area contributed by atoms with E-state index in [9.17, 15) is 4.79 Å². The second-order valence-electron chi connectivity index (χ2n) is 6.34. The zero-order chi connectivity index (χ0) is 14.6. The number of rotatable bonds is 3. The molecule has 0 heterocycles. The van der Waals surface area contributed by atoms with Crippen LogP contribution in [-0.4, -0.2) is 34.9 Å². The van der Waals surface area contributed by atoms with Gasteiger partial charge in [-0.3, -0.25) is 4.79 Å². The summed E-state index contributed by atoms with van der Waals surface area (Å²) in [5, 5.41) is 12.3. The maximum absolute atomic E-state index is 13.0. The molecule has 0 aliphatic heterocycles. The van der Waals surface area contributed by atoms with E-state index in [1.165, 1.54) is 12.8 Å². The summed E-state index contributed by atoms with van der Waals surface area (Å²) in [6.07, 6.45) is 10.2. The van der Waals surface area contributed by atoms with Gasteiger partial charge >= 0.3 is 0 Å². The van der Waals surface area contributed by atoms with Crippen LogP contribution in [0.5, 0.6) is 0 Å². The maximum atomic E-state index is 13.0. The summed E-state index contributed by atoms with van der Waals surface area (Å²) in [5.74, 6) is 0.163. The third-order valence-corrected chi connectivity index (χ3v) is 5.16. The van der Waals surface area contributed by atoms with Crippen molar-refractivity contribution in [2.45, 2.75) is 70.3 Å². The summed E-state index contributed by atoms with van der Waals surface area (Å²) in [7, 11) is 1.88. The minimum atomic E-state index is -0.775. The van der Waals surface area contributed by atoms with E-state index in [1.807, 2.05) is 11.9 Å². The van der Waals surface area contributed by atoms with Crippen molar-refractivity contribution in [3.63, 3.8) is 0 Å². The SMILES string of the molecule is CN(C(=O)C1(C(N)=NO)CCCCCC1)C1CCCC1. The molecule has 0 aromatic heterocycles. The Bertz CT molecular complexity index is 367. The second kappa shape index (κ2) is 6.46. The molecule has 0 aromatic rings. The van der Waals surface area contributed by atoms with Gasteiger partial charge in [-0.05, 0) is 25.7 Å². The van der Waals surface area contributed by atoms with E-state index in [4.69, 9.17) is 10.9 Å². The van der Waals surface area contributed by atoms with Crippen molar-refractivity contribution in [3.05, 3.63) is 0 Å². The number of nitrogens with two attached hydrogens (primary N) is 1. The van der Waals surface area contributed by atoms with Crippen molar-refractivity contribution >= 4 is 11.7 Å². The third-order valence-electron chi connectivity index (χ3n) is 5.16. The van der Waals surface area contributed by atoms with Gasteiger partial charge < -0.3 is 15.8 Å². The van der Waals surface area contributed by atoms with Crippen LogP contribution in [0.4, 0.5) is 0 Å². The van der Waals surface area contributed by atoms with Crippen molar-refractivity contribution in [2.75, 3.05) is 7.05 Å². The van der Waals surface area contributed by atoms with E-state index in [0.717, 1.165) is 38.5 Å². The molecule has 2 aliphatic rings. The smallest absolute Gasteiger partial charge is 0.236 e. The van der Waals surface area contributed by atoms with Crippen LogP contribution in [-0.2, 0) is 4.79 Å². The van der Waals surface area contributed by atoms with Crippen molar-refractivity contribution < 1.29 is 10.0 Å². The molecule has 5 nitrogen and oxygen atoms in total. The number of carbonyl (C=O) groups is 1. The molecule has 5 heteroatoms. The van der Waals surface area contributed by atoms with Gasteiger partial charge in [0.05, 0.1) is 0 Å². The molecule has 0 aromatic carbocycles. The predicted octanol–water partition coefficient (Wildman–Crippen LogP) is 2.47. The molecule has 2 rings (SSSR count). The standard InChI is InChI=1S/C15H27N3O2/c1-18(12-8-4-5-9-12)14(19)15(13(16)17-20)10-6-2-3-7-11-15/h12,20H,2-11H2,1H3,(H2,16,17). The summed E-state index contributed by atoms with van der Waals surface area (Å²) in [6.45, 7) is 0. The maximum Gasteiger partial charge on any atom is 0.236 e. The van der Waals surface area contributed by atoms with Crippen molar-refractivity contribution in [1.82, 2.24) is 4.90 Å². The largest absolute Gasteiger partial charge is 0.409 e. The first-order valence-corrected chi connectivity index (χ1v) is 7.87. The van der Waals surface area contributed by atoms with E-state index >= 15 is 0 Å². The summed E-state index contributed by atoms with van der Waals surface area (Å²) >= 11 is 0. The first-order valence-electron chi connectivity index (χ1n) is 7.87. The van der Waals surface area contributed by atoms with E-state index in [-0.39, 0.29) is 11.7 Å². The number of carbonyl (C=O) groups excluding carboxylic acids is 1. The molecule has 2 aliphatic carbocycles. The predicted molar refractivity (Wildman–Crippen MR) is 78.6 cm³/mol. The third kappa shape index (κ3) is 2.76. The number of amidine groups is 1. The first kappa shape index (κ1) is 15.1. The highest BCUT2D eigenvalue weighted by Gasteiger charge is 2.45. The molecule has 1 amide bonds. The Morgan fingerprint density at radius 1 is 1.15 bits per heavy atom. The van der Waals surface area contributed by atoms with Gasteiger partial charge in [0.15, 0.2) is 5.84 Å². The molecule has 3 N–H and O–H groups in total. The van der Waals surface area contributed by atoms with Gasteiger partial charge in [0, 0.05) is 13.1 Å². The Morgan fingerprint density at radius 2 is 1.70 bits per heavy atom. The van der Waals surface area contributed by atoms with Crippen molar-refractivity contribution in [1.29, 1.82) is 0 Å². The van der Waals surface area contributed by atoms with Crippen LogP contribution in [0.2, 0.25) is 0 Å². The van der Waals surface area contributed by atoms with Gasteiger partial charge in [0.1, 0.15) is 5.41 Å². The Balaban J connectivity index is 2.22. The molecular weight excluding hydrogens is 254 g/mol. The van der Waals surface area contributed by atoms with Crippen LogP contribution in [0, 0.1) is 5.41 Å². The summed E-state index contributed by atoms with van der Waals surface area (Å²) in [5.41, 5.74) is 5.17. The number of hydrogen-bond donors (Lipinski definition) is 2. The normalized spacial score (nSPS) is 24.4. The van der Waals surface area contributed by atoms with Crippen LogP contribution >= 0.6 is 0 Å². The molecule has 0 saturated heterocycles. The first-order chi connectivity index (χ1) is 9.62. The fourth-order valence-electron chi connectivity index (χ4n) is 3.80. The van der Waals surface area contributed by atoms with Gasteiger partial charge in [-0.15, -0.1) is 0 Å². The Hall–Kier alpha value is -1.26. The average molecular weight is 281 g/mol. The van der Waals surface area contributed by atoms with Gasteiger partial charge in [-0.25, -0.2) is 0 Å². The lowest BCUT2D eigenvalue weighted by molar-refractivity contribution is -0.139. The van der Waals surface area contributed by atoms with Gasteiger partial charge in [0.2, 0.25) is 5.91 Å². The Morgan fingerprint density at radius 3 is 2.20 bits per heavy atom. The minimum absolute atomic E-state index is 0.0570. The monoisotopic (exact) mass is 281 g/mol. The minimum Gasteiger partial charge on any atom is -0.409 e. The second-order valence-corrected chi connectivity index (χ2v) is 6.34. The Kier molecular flexibility index (Phi) is 4.89. The fraction of sp³-hybridized carbons (Fsp3) is 0.867. The molecule has 0 atom stereocenters. The summed E-state index contributed by atoms with van der Waals surface area (Å²) in [4.78, 5) is 14.9. The topological polar surface area (TPSA) is 78.9 Å². The molecule has 114 valence electrons. The van der Waals surface area contributed by atoms with Crippen LogP contribution in [0.25, 0.3) is 0 Å². The van der Waals surface area contributed by atoms with E-state index in [0.29, 0.717) is 18.9 Å².